The van der Waals surface area contributed by atoms with Gasteiger partial charge in [-0.05, 0) is 34.3 Å². The summed E-state index contributed by atoms with van der Waals surface area (Å²) in [4.78, 5) is 0. The first-order chi connectivity index (χ1) is 11.3. The number of hydrogen-bond donors (Lipinski definition) is 2. The van der Waals surface area contributed by atoms with Crippen molar-refractivity contribution in [2.75, 3.05) is 0 Å². The second-order valence-corrected chi connectivity index (χ2v) is 5.74. The molecule has 7 heteroatoms. The summed E-state index contributed by atoms with van der Waals surface area (Å²) in [7, 11) is -1.40. The topological polar surface area (TPSA) is 55.5 Å². The minimum atomic E-state index is -4.45. The van der Waals surface area contributed by atoms with E-state index in [9.17, 15) is 18.2 Å². The van der Waals surface area contributed by atoms with Gasteiger partial charge in [0, 0.05) is 12.1 Å². The maximum absolute atomic E-state index is 12.8. The number of fused-ring (bicyclic) bond motifs is 1. The first-order valence-corrected chi connectivity index (χ1v) is 7.34. The molecule has 0 spiro atoms. The van der Waals surface area contributed by atoms with Crippen LogP contribution in [0, 0.1) is 0 Å². The molecule has 3 rings (SSSR count). The Bertz CT molecular complexity index is 774. The summed E-state index contributed by atoms with van der Waals surface area (Å²) >= 11 is 0. The van der Waals surface area contributed by atoms with Gasteiger partial charge < -0.3 is 15.4 Å². The summed E-state index contributed by atoms with van der Waals surface area (Å²) in [5.74, 6) is 0. The summed E-state index contributed by atoms with van der Waals surface area (Å²) in [6.07, 6.45) is -4.51. The Morgan fingerprint density at radius 1 is 1.21 bits per heavy atom. The van der Waals surface area contributed by atoms with Gasteiger partial charge in [-0.2, -0.15) is 13.2 Å². The zero-order valence-electron chi connectivity index (χ0n) is 12.7. The molecule has 24 heavy (non-hydrogen) atoms. The Balaban J connectivity index is 1.88. The molecule has 1 atom stereocenters. The van der Waals surface area contributed by atoms with Gasteiger partial charge in [0.2, 0.25) is 0 Å². The van der Waals surface area contributed by atoms with Crippen LogP contribution in [0.15, 0.2) is 49.0 Å². The predicted molar refractivity (Wildman–Crippen MR) is 86.2 cm³/mol. The number of benzene rings is 2. The standard InChI is InChI=1S/C17H15BF3NO2/c1-10(22)11-2-4-12(5-3-11)16-8-13-6-7-14(17(19,20)21)9-15(13)18(23)24-16/h2-7,9,16,23H,1,8,22H2. The number of nitrogens with two attached hydrogens (primary N) is 1. The summed E-state index contributed by atoms with van der Waals surface area (Å²) < 4.78 is 43.9. The highest BCUT2D eigenvalue weighted by molar-refractivity contribution is 6.61. The van der Waals surface area contributed by atoms with E-state index in [0.717, 1.165) is 23.3 Å². The van der Waals surface area contributed by atoms with Gasteiger partial charge in [0.1, 0.15) is 0 Å². The maximum atomic E-state index is 12.8. The van der Waals surface area contributed by atoms with Gasteiger partial charge in [0.25, 0.3) is 0 Å². The molecule has 3 N–H and O–H groups in total. The second kappa shape index (κ2) is 6.00. The van der Waals surface area contributed by atoms with E-state index in [-0.39, 0.29) is 5.46 Å². The number of rotatable bonds is 2. The van der Waals surface area contributed by atoms with Crippen LogP contribution in [0.2, 0.25) is 0 Å². The minimum absolute atomic E-state index is 0.160. The molecule has 124 valence electrons. The van der Waals surface area contributed by atoms with Crippen molar-refractivity contribution in [1.82, 2.24) is 0 Å². The van der Waals surface area contributed by atoms with Gasteiger partial charge in [-0.3, -0.25) is 0 Å². The molecular weight excluding hydrogens is 318 g/mol. The maximum Gasteiger partial charge on any atom is 0.491 e. The van der Waals surface area contributed by atoms with E-state index in [2.05, 4.69) is 6.58 Å². The van der Waals surface area contributed by atoms with E-state index < -0.39 is 25.0 Å². The molecule has 0 amide bonds. The zero-order chi connectivity index (χ0) is 17.5. The van der Waals surface area contributed by atoms with Crippen molar-refractivity contribution in [2.24, 2.45) is 5.73 Å². The lowest BCUT2D eigenvalue weighted by atomic mass is 9.71. The molecule has 0 saturated heterocycles. The number of alkyl halides is 3. The van der Waals surface area contributed by atoms with E-state index in [1.807, 2.05) is 0 Å². The average Bonchev–Trinajstić information content (AvgIpc) is 2.53. The van der Waals surface area contributed by atoms with Crippen molar-refractivity contribution in [3.8, 4) is 0 Å². The summed E-state index contributed by atoms with van der Waals surface area (Å²) in [6, 6.07) is 10.5. The Hall–Kier alpha value is -2.25. The lowest BCUT2D eigenvalue weighted by Gasteiger charge is -2.28. The smallest absolute Gasteiger partial charge is 0.423 e. The highest BCUT2D eigenvalue weighted by Gasteiger charge is 2.36. The molecule has 0 radical (unpaired) electrons. The molecule has 1 aliphatic rings. The van der Waals surface area contributed by atoms with Crippen LogP contribution in [0.25, 0.3) is 5.70 Å². The van der Waals surface area contributed by atoms with Crippen molar-refractivity contribution < 1.29 is 22.8 Å². The molecule has 0 aromatic heterocycles. The van der Waals surface area contributed by atoms with E-state index in [4.69, 9.17) is 10.4 Å². The third-order valence-corrected chi connectivity index (χ3v) is 4.09. The predicted octanol–water partition coefficient (Wildman–Crippen LogP) is 2.64. The zero-order valence-corrected chi connectivity index (χ0v) is 12.7. The molecule has 2 aromatic carbocycles. The third-order valence-electron chi connectivity index (χ3n) is 4.09. The fraction of sp³-hybridized carbons (Fsp3) is 0.176. The fourth-order valence-corrected chi connectivity index (χ4v) is 2.77. The molecule has 1 aliphatic heterocycles. The minimum Gasteiger partial charge on any atom is -0.423 e. The van der Waals surface area contributed by atoms with E-state index in [0.29, 0.717) is 17.7 Å². The lowest BCUT2D eigenvalue weighted by molar-refractivity contribution is -0.137. The Labute approximate surface area is 137 Å². The summed E-state index contributed by atoms with van der Waals surface area (Å²) in [5.41, 5.74) is 7.65. The van der Waals surface area contributed by atoms with Gasteiger partial charge in [-0.15, -0.1) is 0 Å². The monoisotopic (exact) mass is 333 g/mol. The lowest BCUT2D eigenvalue weighted by Crippen LogP contribution is -2.43. The first kappa shape index (κ1) is 16.6. The van der Waals surface area contributed by atoms with Crippen LogP contribution in [-0.4, -0.2) is 12.1 Å². The molecule has 2 aromatic rings. The Morgan fingerprint density at radius 3 is 2.46 bits per heavy atom. The van der Waals surface area contributed by atoms with Crippen LogP contribution in [0.1, 0.15) is 28.4 Å². The molecule has 0 saturated carbocycles. The number of hydrogen-bond acceptors (Lipinski definition) is 3. The first-order valence-electron chi connectivity index (χ1n) is 7.34. The second-order valence-electron chi connectivity index (χ2n) is 5.74. The SMILES string of the molecule is C=C(N)c1ccc(C2Cc3ccc(C(F)(F)F)cc3B(O)O2)cc1. The van der Waals surface area contributed by atoms with E-state index in [1.165, 1.54) is 6.07 Å². The quantitative estimate of drug-likeness (QED) is 0.831. The summed E-state index contributed by atoms with van der Waals surface area (Å²) in [6.45, 7) is 3.65. The van der Waals surface area contributed by atoms with Crippen molar-refractivity contribution in [3.05, 3.63) is 71.3 Å². The van der Waals surface area contributed by atoms with Crippen LogP contribution in [0.3, 0.4) is 0 Å². The molecule has 1 heterocycles. The molecule has 0 fully saturated rings. The highest BCUT2D eigenvalue weighted by atomic mass is 19.4. The largest absolute Gasteiger partial charge is 0.491 e. The molecule has 1 unspecified atom stereocenters. The van der Waals surface area contributed by atoms with E-state index in [1.54, 1.807) is 24.3 Å². The van der Waals surface area contributed by atoms with Gasteiger partial charge in [0.05, 0.1) is 11.7 Å². The van der Waals surface area contributed by atoms with Crippen molar-refractivity contribution >= 4 is 18.3 Å². The van der Waals surface area contributed by atoms with Crippen molar-refractivity contribution in [1.29, 1.82) is 0 Å². The van der Waals surface area contributed by atoms with Gasteiger partial charge in [0.15, 0.2) is 0 Å². The van der Waals surface area contributed by atoms with Crippen molar-refractivity contribution in [3.63, 3.8) is 0 Å². The van der Waals surface area contributed by atoms with Crippen molar-refractivity contribution in [2.45, 2.75) is 18.7 Å². The van der Waals surface area contributed by atoms with Crippen LogP contribution in [0.4, 0.5) is 13.2 Å². The van der Waals surface area contributed by atoms with E-state index >= 15 is 0 Å². The fourth-order valence-electron chi connectivity index (χ4n) is 2.77. The third kappa shape index (κ3) is 3.18. The molecule has 0 bridgehead atoms. The van der Waals surface area contributed by atoms with Gasteiger partial charge in [-0.1, -0.05) is 36.9 Å². The molecular formula is C17H15BF3NO2. The van der Waals surface area contributed by atoms with Gasteiger partial charge >= 0.3 is 13.3 Å². The average molecular weight is 333 g/mol. The summed E-state index contributed by atoms with van der Waals surface area (Å²) in [5, 5.41) is 10.1. The normalized spacial score (nSPS) is 17.5. The van der Waals surface area contributed by atoms with Gasteiger partial charge in [-0.25, -0.2) is 0 Å². The Morgan fingerprint density at radius 2 is 1.88 bits per heavy atom. The van der Waals surface area contributed by atoms with Crippen LogP contribution in [0.5, 0.6) is 0 Å². The molecule has 0 aliphatic carbocycles. The number of halogens is 3. The molecule has 3 nitrogen and oxygen atoms in total. The Kier molecular flexibility index (Phi) is 4.15. The van der Waals surface area contributed by atoms with Crippen LogP contribution >= 0.6 is 0 Å². The van der Waals surface area contributed by atoms with Crippen LogP contribution in [-0.2, 0) is 17.3 Å². The van der Waals surface area contributed by atoms with Crippen LogP contribution < -0.4 is 11.2 Å². The highest BCUT2D eigenvalue weighted by Crippen LogP contribution is 2.32.